The summed E-state index contributed by atoms with van der Waals surface area (Å²) in [5.41, 5.74) is 1.35. The van der Waals surface area contributed by atoms with Crippen molar-refractivity contribution >= 4 is 45.0 Å². The molecule has 3 aromatic rings. The molecule has 1 N–H and O–H groups in total. The number of hydrogen-bond donors (Lipinski definition) is 1. The molecule has 0 bridgehead atoms. The van der Waals surface area contributed by atoms with E-state index in [1.165, 1.54) is 29.8 Å². The molecular formula is C24H24ClFN2O3S2. The molecular weight excluding hydrogens is 483 g/mol. The zero-order valence-electron chi connectivity index (χ0n) is 17.8. The quantitative estimate of drug-likeness (QED) is 0.367. The third-order valence-electron chi connectivity index (χ3n) is 4.71. The average molecular weight is 507 g/mol. The number of anilines is 1. The van der Waals surface area contributed by atoms with Crippen LogP contribution in [0.4, 0.5) is 10.1 Å². The van der Waals surface area contributed by atoms with Gasteiger partial charge in [-0.3, -0.25) is 9.10 Å². The molecule has 174 valence electrons. The Kier molecular flexibility index (Phi) is 9.17. The van der Waals surface area contributed by atoms with E-state index in [0.717, 1.165) is 28.3 Å². The van der Waals surface area contributed by atoms with E-state index in [1.54, 1.807) is 30.0 Å². The summed E-state index contributed by atoms with van der Waals surface area (Å²) in [7, 11) is -4.06. The molecule has 1 amide bonds. The van der Waals surface area contributed by atoms with Crippen LogP contribution in [-0.4, -0.2) is 33.2 Å². The van der Waals surface area contributed by atoms with E-state index in [0.29, 0.717) is 6.54 Å². The molecule has 5 nitrogen and oxygen atoms in total. The van der Waals surface area contributed by atoms with Crippen molar-refractivity contribution in [1.29, 1.82) is 0 Å². The van der Waals surface area contributed by atoms with Crippen LogP contribution in [0, 0.1) is 5.82 Å². The van der Waals surface area contributed by atoms with E-state index in [9.17, 15) is 17.6 Å². The van der Waals surface area contributed by atoms with Gasteiger partial charge in [-0.05, 0) is 48.1 Å². The minimum Gasteiger partial charge on any atom is -0.354 e. The average Bonchev–Trinajstić information content (AvgIpc) is 2.83. The van der Waals surface area contributed by atoms with Crippen molar-refractivity contribution in [2.24, 2.45) is 0 Å². The standard InChI is InChI=1S/C24H24ClFN2O3S2/c25-22-16-20(12-13-23(22)26)28(33(30,31)21-10-5-2-6-11-21)17-24(29)27-14-7-15-32-18-19-8-3-1-4-9-19/h1-6,8-13,16H,7,14-15,17-18H2,(H,27,29). The molecule has 3 aromatic carbocycles. The van der Waals surface area contributed by atoms with Crippen LogP contribution in [0.1, 0.15) is 12.0 Å². The van der Waals surface area contributed by atoms with E-state index in [4.69, 9.17) is 11.6 Å². The lowest BCUT2D eigenvalue weighted by atomic mass is 10.2. The molecule has 0 aliphatic rings. The number of benzene rings is 3. The van der Waals surface area contributed by atoms with Crippen LogP contribution >= 0.6 is 23.4 Å². The first kappa shape index (κ1) is 25.1. The molecule has 0 saturated heterocycles. The molecule has 0 aromatic heterocycles. The summed E-state index contributed by atoms with van der Waals surface area (Å²) in [6.07, 6.45) is 0.747. The molecule has 0 saturated carbocycles. The van der Waals surface area contributed by atoms with Crippen LogP contribution in [-0.2, 0) is 20.6 Å². The number of sulfonamides is 1. The fourth-order valence-corrected chi connectivity index (χ4v) is 5.56. The number of carbonyl (C=O) groups excluding carboxylic acids is 1. The van der Waals surface area contributed by atoms with Gasteiger partial charge < -0.3 is 5.32 Å². The number of carbonyl (C=O) groups is 1. The van der Waals surface area contributed by atoms with Crippen LogP contribution in [0.2, 0.25) is 5.02 Å². The second-order valence-electron chi connectivity index (χ2n) is 7.16. The summed E-state index contributed by atoms with van der Waals surface area (Å²) >= 11 is 7.63. The van der Waals surface area contributed by atoms with E-state index < -0.39 is 28.3 Å². The Hall–Kier alpha value is -2.55. The van der Waals surface area contributed by atoms with Gasteiger partial charge >= 0.3 is 0 Å². The summed E-state index contributed by atoms with van der Waals surface area (Å²) in [6.45, 7) is -0.0274. The fraction of sp³-hybridized carbons (Fsp3) is 0.208. The van der Waals surface area contributed by atoms with Crippen LogP contribution in [0.5, 0.6) is 0 Å². The highest BCUT2D eigenvalue weighted by atomic mass is 35.5. The number of nitrogens with zero attached hydrogens (tertiary/aromatic N) is 1. The van der Waals surface area contributed by atoms with Gasteiger partial charge in [0.1, 0.15) is 12.4 Å². The van der Waals surface area contributed by atoms with E-state index >= 15 is 0 Å². The Morgan fingerprint density at radius 2 is 1.67 bits per heavy atom. The summed E-state index contributed by atoms with van der Waals surface area (Å²) < 4.78 is 41.0. The Labute approximate surface area is 203 Å². The molecule has 33 heavy (non-hydrogen) atoms. The van der Waals surface area contributed by atoms with Gasteiger partial charge in [-0.15, -0.1) is 0 Å². The van der Waals surface area contributed by atoms with Crippen molar-refractivity contribution in [1.82, 2.24) is 5.32 Å². The number of hydrogen-bond acceptors (Lipinski definition) is 4. The molecule has 0 fully saturated rings. The number of thioether (sulfide) groups is 1. The first-order valence-corrected chi connectivity index (χ1v) is 13.3. The molecule has 0 radical (unpaired) electrons. The van der Waals surface area contributed by atoms with Crippen molar-refractivity contribution in [2.45, 2.75) is 17.1 Å². The lowest BCUT2D eigenvalue weighted by molar-refractivity contribution is -0.119. The smallest absolute Gasteiger partial charge is 0.264 e. The normalized spacial score (nSPS) is 11.2. The van der Waals surface area contributed by atoms with Gasteiger partial charge in [-0.2, -0.15) is 11.8 Å². The lowest BCUT2D eigenvalue weighted by Crippen LogP contribution is -2.41. The van der Waals surface area contributed by atoms with Gasteiger partial charge in [0.15, 0.2) is 0 Å². The summed E-state index contributed by atoms with van der Waals surface area (Å²) in [4.78, 5) is 12.6. The van der Waals surface area contributed by atoms with Crippen molar-refractivity contribution < 1.29 is 17.6 Å². The Balaban J connectivity index is 1.61. The highest BCUT2D eigenvalue weighted by Gasteiger charge is 2.27. The van der Waals surface area contributed by atoms with Crippen LogP contribution in [0.15, 0.2) is 83.8 Å². The summed E-state index contributed by atoms with van der Waals surface area (Å²) in [6, 6.07) is 21.4. The zero-order chi connectivity index (χ0) is 23.7. The predicted molar refractivity (Wildman–Crippen MR) is 133 cm³/mol. The second kappa shape index (κ2) is 12.1. The summed E-state index contributed by atoms with van der Waals surface area (Å²) in [5.74, 6) is 0.621. The van der Waals surface area contributed by atoms with Gasteiger partial charge in [0, 0.05) is 12.3 Å². The van der Waals surface area contributed by atoms with Crippen molar-refractivity contribution in [3.8, 4) is 0 Å². The number of amides is 1. The van der Waals surface area contributed by atoms with Gasteiger partial charge in [0.05, 0.1) is 15.6 Å². The zero-order valence-corrected chi connectivity index (χ0v) is 20.2. The van der Waals surface area contributed by atoms with Gasteiger partial charge in [0.2, 0.25) is 5.91 Å². The lowest BCUT2D eigenvalue weighted by Gasteiger charge is -2.24. The molecule has 0 aliphatic heterocycles. The maximum atomic E-state index is 13.6. The Morgan fingerprint density at radius 1 is 1.00 bits per heavy atom. The second-order valence-corrected chi connectivity index (χ2v) is 10.5. The van der Waals surface area contributed by atoms with Crippen molar-refractivity contribution in [3.63, 3.8) is 0 Å². The molecule has 0 aliphatic carbocycles. The van der Waals surface area contributed by atoms with E-state index in [-0.39, 0.29) is 15.6 Å². The topological polar surface area (TPSA) is 66.5 Å². The van der Waals surface area contributed by atoms with Gasteiger partial charge in [0.25, 0.3) is 10.0 Å². The fourth-order valence-electron chi connectivity index (χ4n) is 3.03. The molecule has 0 unspecified atom stereocenters. The van der Waals surface area contributed by atoms with E-state index in [2.05, 4.69) is 17.4 Å². The largest absolute Gasteiger partial charge is 0.354 e. The first-order chi connectivity index (χ1) is 15.9. The molecule has 3 rings (SSSR count). The van der Waals surface area contributed by atoms with Crippen LogP contribution in [0.3, 0.4) is 0 Å². The maximum absolute atomic E-state index is 13.6. The van der Waals surface area contributed by atoms with Crippen LogP contribution < -0.4 is 9.62 Å². The molecule has 9 heteroatoms. The minimum absolute atomic E-state index is 0.0237. The third-order valence-corrected chi connectivity index (χ3v) is 7.90. The first-order valence-electron chi connectivity index (χ1n) is 10.3. The highest BCUT2D eigenvalue weighted by Crippen LogP contribution is 2.27. The Bertz CT molecular complexity index is 1160. The molecule has 0 heterocycles. The molecule has 0 spiro atoms. The number of halogens is 2. The minimum atomic E-state index is -4.06. The third kappa shape index (κ3) is 7.22. The number of rotatable bonds is 11. The van der Waals surface area contributed by atoms with Gasteiger partial charge in [-0.1, -0.05) is 60.1 Å². The number of nitrogens with one attached hydrogen (secondary N) is 1. The highest BCUT2D eigenvalue weighted by molar-refractivity contribution is 7.98. The van der Waals surface area contributed by atoms with Gasteiger partial charge in [-0.25, -0.2) is 12.8 Å². The van der Waals surface area contributed by atoms with Crippen molar-refractivity contribution in [2.75, 3.05) is 23.1 Å². The monoisotopic (exact) mass is 506 g/mol. The maximum Gasteiger partial charge on any atom is 0.264 e. The van der Waals surface area contributed by atoms with E-state index in [1.807, 2.05) is 18.2 Å². The molecule has 0 atom stereocenters. The SMILES string of the molecule is O=C(CN(c1ccc(F)c(Cl)c1)S(=O)(=O)c1ccccc1)NCCCSCc1ccccc1. The van der Waals surface area contributed by atoms with Crippen molar-refractivity contribution in [3.05, 3.63) is 95.3 Å². The Morgan fingerprint density at radius 3 is 2.33 bits per heavy atom. The van der Waals surface area contributed by atoms with Crippen LogP contribution in [0.25, 0.3) is 0 Å². The summed E-state index contributed by atoms with van der Waals surface area (Å²) in [5, 5.41) is 2.54. The predicted octanol–water partition coefficient (Wildman–Crippen LogP) is 5.11.